The van der Waals surface area contributed by atoms with E-state index < -0.39 is 18.4 Å². The second-order valence-corrected chi connectivity index (χ2v) is 8.53. The maximum atomic E-state index is 12.4. The fourth-order valence-electron chi connectivity index (χ4n) is 4.12. The zero-order valence-electron chi connectivity index (χ0n) is 19.1. The molecule has 0 aromatic carbocycles. The molecule has 172 valence electrons. The number of ether oxygens (including phenoxy) is 4. The van der Waals surface area contributed by atoms with E-state index in [1.54, 1.807) is 6.26 Å². The summed E-state index contributed by atoms with van der Waals surface area (Å²) >= 11 is 0. The highest BCUT2D eigenvalue weighted by Crippen LogP contribution is 2.44. The summed E-state index contributed by atoms with van der Waals surface area (Å²) in [6.07, 6.45) is 5.00. The average Bonchev–Trinajstić information content (AvgIpc) is 2.64. The highest BCUT2D eigenvalue weighted by molar-refractivity contribution is 5.72. The van der Waals surface area contributed by atoms with Crippen LogP contribution in [0.3, 0.4) is 0 Å². The minimum atomic E-state index is -0.834. The molecule has 0 spiro atoms. The summed E-state index contributed by atoms with van der Waals surface area (Å²) in [5.74, 6) is -1.59. The van der Waals surface area contributed by atoms with Crippen LogP contribution < -0.4 is 0 Å². The van der Waals surface area contributed by atoms with Crippen molar-refractivity contribution in [2.45, 2.75) is 85.2 Å². The molecule has 2 aliphatic heterocycles. The number of rotatable bonds is 9. The van der Waals surface area contributed by atoms with Crippen LogP contribution in [-0.4, -0.2) is 36.4 Å². The van der Waals surface area contributed by atoms with Crippen molar-refractivity contribution in [3.63, 3.8) is 0 Å². The zero-order valence-corrected chi connectivity index (χ0v) is 19.1. The van der Waals surface area contributed by atoms with Crippen molar-refractivity contribution in [3.05, 3.63) is 35.6 Å². The molecule has 5 unspecified atom stereocenters. The average molecular weight is 435 g/mol. The summed E-state index contributed by atoms with van der Waals surface area (Å²) in [5.41, 5.74) is 2.86. The van der Waals surface area contributed by atoms with Crippen LogP contribution in [0.5, 0.6) is 0 Å². The molecule has 0 bridgehead atoms. The molecule has 0 amide bonds. The lowest BCUT2D eigenvalue weighted by atomic mass is 9.73. The minimum absolute atomic E-state index is 0.186. The van der Waals surface area contributed by atoms with E-state index >= 15 is 0 Å². The number of esters is 3. The first-order chi connectivity index (χ1) is 14.6. The van der Waals surface area contributed by atoms with Crippen LogP contribution in [0.15, 0.2) is 35.6 Å². The summed E-state index contributed by atoms with van der Waals surface area (Å²) < 4.78 is 22.0. The second kappa shape index (κ2) is 11.2. The standard InChI is InChI=1S/C24H34O7/c1-14(2)10-11-21-20-13-28-24(30-18(6)26)23(19(20)12-22(27)31-21)15(3)8-7-9-16(4)29-17(5)25/h10,13,16,19,21,23-24H,3,7-9,11-12H2,1-2,4-6H3. The smallest absolute Gasteiger partial charge is 0.307 e. The van der Waals surface area contributed by atoms with Crippen LogP contribution in [0, 0.1) is 11.8 Å². The van der Waals surface area contributed by atoms with Crippen LogP contribution in [0.4, 0.5) is 0 Å². The molecule has 0 radical (unpaired) electrons. The Bertz CT molecular complexity index is 760. The van der Waals surface area contributed by atoms with Gasteiger partial charge in [0.25, 0.3) is 0 Å². The fourth-order valence-corrected chi connectivity index (χ4v) is 4.12. The maximum absolute atomic E-state index is 12.4. The summed E-state index contributed by atoms with van der Waals surface area (Å²) in [6.45, 7) is 12.8. The fraction of sp³-hybridized carbons (Fsp3) is 0.625. The molecular weight excluding hydrogens is 400 g/mol. The van der Waals surface area contributed by atoms with E-state index in [2.05, 4.69) is 6.58 Å². The Kier molecular flexibility index (Phi) is 8.89. The summed E-state index contributed by atoms with van der Waals surface area (Å²) in [7, 11) is 0. The van der Waals surface area contributed by atoms with E-state index in [1.165, 1.54) is 13.8 Å². The van der Waals surface area contributed by atoms with Gasteiger partial charge in [0.05, 0.1) is 24.7 Å². The molecule has 31 heavy (non-hydrogen) atoms. The Labute approximate surface area is 184 Å². The van der Waals surface area contributed by atoms with Gasteiger partial charge < -0.3 is 18.9 Å². The van der Waals surface area contributed by atoms with Gasteiger partial charge in [0, 0.05) is 31.8 Å². The molecule has 2 rings (SSSR count). The van der Waals surface area contributed by atoms with Gasteiger partial charge in [0.2, 0.25) is 6.29 Å². The van der Waals surface area contributed by atoms with Gasteiger partial charge >= 0.3 is 17.9 Å². The van der Waals surface area contributed by atoms with Gasteiger partial charge in [0.15, 0.2) is 0 Å². The third kappa shape index (κ3) is 7.26. The van der Waals surface area contributed by atoms with Gasteiger partial charge in [-0.05, 0) is 40.0 Å². The van der Waals surface area contributed by atoms with Gasteiger partial charge in [0.1, 0.15) is 6.10 Å². The molecule has 2 aliphatic rings. The monoisotopic (exact) mass is 434 g/mol. The molecule has 2 heterocycles. The largest absolute Gasteiger partial charge is 0.463 e. The minimum Gasteiger partial charge on any atom is -0.463 e. The predicted octanol–water partition coefficient (Wildman–Crippen LogP) is 4.37. The third-order valence-electron chi connectivity index (χ3n) is 5.49. The van der Waals surface area contributed by atoms with E-state index in [0.717, 1.165) is 23.1 Å². The number of allylic oxidation sites excluding steroid dienone is 1. The summed E-state index contributed by atoms with van der Waals surface area (Å²) in [4.78, 5) is 35.1. The number of cyclic esters (lactones) is 1. The van der Waals surface area contributed by atoms with E-state index in [0.29, 0.717) is 19.3 Å². The van der Waals surface area contributed by atoms with Crippen molar-refractivity contribution in [2.75, 3.05) is 0 Å². The molecular formula is C24H34O7. The first-order valence-corrected chi connectivity index (χ1v) is 10.8. The van der Waals surface area contributed by atoms with Crippen LogP contribution >= 0.6 is 0 Å². The van der Waals surface area contributed by atoms with E-state index in [9.17, 15) is 14.4 Å². The molecule has 0 N–H and O–H groups in total. The Morgan fingerprint density at radius 3 is 2.58 bits per heavy atom. The highest BCUT2D eigenvalue weighted by atomic mass is 16.7. The predicted molar refractivity (Wildman–Crippen MR) is 114 cm³/mol. The lowest BCUT2D eigenvalue weighted by Gasteiger charge is -2.42. The number of hydrogen-bond donors (Lipinski definition) is 0. The van der Waals surface area contributed by atoms with E-state index in [-0.39, 0.29) is 36.3 Å². The van der Waals surface area contributed by atoms with Crippen molar-refractivity contribution in [1.82, 2.24) is 0 Å². The maximum Gasteiger partial charge on any atom is 0.307 e. The van der Waals surface area contributed by atoms with E-state index in [1.807, 2.05) is 26.8 Å². The number of hydrogen-bond acceptors (Lipinski definition) is 7. The van der Waals surface area contributed by atoms with Crippen molar-refractivity contribution >= 4 is 17.9 Å². The third-order valence-corrected chi connectivity index (χ3v) is 5.49. The lowest BCUT2D eigenvalue weighted by Crippen LogP contribution is -2.45. The van der Waals surface area contributed by atoms with Crippen LogP contribution in [0.2, 0.25) is 0 Å². The number of carbonyl (C=O) groups excluding carboxylic acids is 3. The molecule has 0 aromatic heterocycles. The van der Waals surface area contributed by atoms with Gasteiger partial charge in [-0.3, -0.25) is 14.4 Å². The van der Waals surface area contributed by atoms with Crippen LogP contribution in [0.1, 0.15) is 66.7 Å². The first-order valence-electron chi connectivity index (χ1n) is 10.8. The second-order valence-electron chi connectivity index (χ2n) is 8.53. The SMILES string of the molecule is C=C(CCCC(C)OC(C)=O)C1C(OC(C)=O)OC=C2C(CC=C(C)C)OC(=O)CC21. The highest BCUT2D eigenvalue weighted by Gasteiger charge is 2.46. The zero-order chi connectivity index (χ0) is 23.1. The Morgan fingerprint density at radius 2 is 1.97 bits per heavy atom. The normalized spacial score (nSPS) is 25.7. The molecule has 1 saturated heterocycles. The summed E-state index contributed by atoms with van der Waals surface area (Å²) in [6, 6.07) is 0. The molecule has 5 atom stereocenters. The molecule has 7 heteroatoms. The molecule has 0 aliphatic carbocycles. The molecule has 0 saturated carbocycles. The van der Waals surface area contributed by atoms with Crippen molar-refractivity contribution in [2.24, 2.45) is 11.8 Å². The number of fused-ring (bicyclic) bond motifs is 1. The van der Waals surface area contributed by atoms with Crippen molar-refractivity contribution < 1.29 is 33.3 Å². The first kappa shape index (κ1) is 24.7. The Balaban J connectivity index is 2.18. The van der Waals surface area contributed by atoms with Gasteiger partial charge in [-0.1, -0.05) is 23.8 Å². The molecule has 7 nitrogen and oxygen atoms in total. The van der Waals surface area contributed by atoms with Crippen LogP contribution in [-0.2, 0) is 33.3 Å². The molecule has 0 aromatic rings. The Morgan fingerprint density at radius 1 is 1.26 bits per heavy atom. The van der Waals surface area contributed by atoms with Crippen molar-refractivity contribution in [1.29, 1.82) is 0 Å². The number of carbonyl (C=O) groups is 3. The molecule has 1 fully saturated rings. The van der Waals surface area contributed by atoms with Crippen LogP contribution in [0.25, 0.3) is 0 Å². The quantitative estimate of drug-likeness (QED) is 0.302. The van der Waals surface area contributed by atoms with Gasteiger partial charge in [-0.15, -0.1) is 0 Å². The van der Waals surface area contributed by atoms with Crippen molar-refractivity contribution in [3.8, 4) is 0 Å². The summed E-state index contributed by atoms with van der Waals surface area (Å²) in [5, 5.41) is 0. The van der Waals surface area contributed by atoms with E-state index in [4.69, 9.17) is 18.9 Å². The lowest BCUT2D eigenvalue weighted by molar-refractivity contribution is -0.185. The van der Waals surface area contributed by atoms with Gasteiger partial charge in [-0.25, -0.2) is 0 Å². The van der Waals surface area contributed by atoms with Gasteiger partial charge in [-0.2, -0.15) is 0 Å². The topological polar surface area (TPSA) is 88.1 Å². The Hall–Kier alpha value is -2.57.